The van der Waals surface area contributed by atoms with E-state index >= 15 is 0 Å². The van der Waals surface area contributed by atoms with E-state index in [-0.39, 0.29) is 22.8 Å². The molecule has 0 aliphatic rings. The number of carbonyl (C=O) groups is 1. The number of hydrogen-bond donors (Lipinski definition) is 2. The van der Waals surface area contributed by atoms with Crippen molar-refractivity contribution in [2.24, 2.45) is 0 Å². The molecule has 0 saturated heterocycles. The summed E-state index contributed by atoms with van der Waals surface area (Å²) in [5.74, 6) is 0.323. The maximum atomic E-state index is 13.4. The van der Waals surface area contributed by atoms with Gasteiger partial charge in [-0.25, -0.2) is 9.37 Å². The van der Waals surface area contributed by atoms with Crippen molar-refractivity contribution in [2.75, 3.05) is 18.2 Å². The van der Waals surface area contributed by atoms with E-state index in [4.69, 9.17) is 10.5 Å². The molecule has 4 rings (SSSR count). The maximum Gasteiger partial charge on any atom is 0.262 e. The number of ether oxygens (including phenoxy) is 1. The zero-order valence-electron chi connectivity index (χ0n) is 18.7. The third-order valence-corrected chi connectivity index (χ3v) is 6.34. The number of benzene rings is 3. The first kappa shape index (κ1) is 23.3. The molecule has 1 aromatic heterocycles. The highest BCUT2D eigenvalue weighted by Gasteiger charge is 2.13. The van der Waals surface area contributed by atoms with Crippen LogP contribution < -0.4 is 21.3 Å². The maximum absolute atomic E-state index is 13.4. The van der Waals surface area contributed by atoms with Crippen LogP contribution in [0.4, 0.5) is 15.8 Å². The van der Waals surface area contributed by atoms with Gasteiger partial charge in [0, 0.05) is 23.9 Å². The summed E-state index contributed by atoms with van der Waals surface area (Å²) in [6.07, 6.45) is 0. The van der Waals surface area contributed by atoms with Gasteiger partial charge >= 0.3 is 0 Å². The second-order valence-corrected chi connectivity index (χ2v) is 8.44. The summed E-state index contributed by atoms with van der Waals surface area (Å²) in [5, 5.41) is 3.78. The quantitative estimate of drug-likeness (QED) is 0.227. The van der Waals surface area contributed by atoms with Gasteiger partial charge in [-0.3, -0.25) is 14.2 Å². The molecule has 0 atom stereocenters. The van der Waals surface area contributed by atoms with Gasteiger partial charge in [-0.15, -0.1) is 0 Å². The summed E-state index contributed by atoms with van der Waals surface area (Å²) in [7, 11) is 1.57. The number of rotatable bonds is 7. The summed E-state index contributed by atoms with van der Waals surface area (Å²) in [5.41, 5.74) is 8.16. The summed E-state index contributed by atoms with van der Waals surface area (Å²) in [4.78, 5) is 30.1. The third kappa shape index (κ3) is 4.89. The molecule has 0 unspecified atom stereocenters. The Balaban J connectivity index is 1.50. The number of hydrogen-bond acceptors (Lipinski definition) is 6. The van der Waals surface area contributed by atoms with Gasteiger partial charge in [0.15, 0.2) is 5.16 Å². The zero-order valence-corrected chi connectivity index (χ0v) is 19.5. The molecule has 7 nitrogen and oxygen atoms in total. The monoisotopic (exact) mass is 478 g/mol. The van der Waals surface area contributed by atoms with Gasteiger partial charge in [0.05, 0.1) is 29.4 Å². The van der Waals surface area contributed by atoms with Crippen LogP contribution in [0, 0.1) is 5.82 Å². The van der Waals surface area contributed by atoms with Crippen LogP contribution in [-0.4, -0.2) is 22.6 Å². The lowest BCUT2D eigenvalue weighted by molar-refractivity contribution is 0.102. The summed E-state index contributed by atoms with van der Waals surface area (Å²) in [6, 6.07) is 16.1. The van der Waals surface area contributed by atoms with Crippen LogP contribution in [0.15, 0.2) is 70.6 Å². The van der Waals surface area contributed by atoms with Gasteiger partial charge in [-0.2, -0.15) is 0 Å². The lowest BCUT2D eigenvalue weighted by Gasteiger charge is -2.12. The Kier molecular flexibility index (Phi) is 6.83. The topological polar surface area (TPSA) is 99.2 Å². The van der Waals surface area contributed by atoms with Crippen molar-refractivity contribution in [2.45, 2.75) is 24.4 Å². The number of carbonyl (C=O) groups excluding carboxylic acids is 1. The molecular formula is C25H23FN4O3S. The lowest BCUT2D eigenvalue weighted by Crippen LogP contribution is -2.22. The van der Waals surface area contributed by atoms with Crippen LogP contribution in [-0.2, 0) is 12.3 Å². The number of nitrogens with one attached hydrogen (secondary N) is 1. The van der Waals surface area contributed by atoms with Crippen molar-refractivity contribution >= 4 is 39.9 Å². The second-order valence-electron chi connectivity index (χ2n) is 7.50. The molecule has 0 saturated carbocycles. The fraction of sp³-hybridized carbons (Fsp3) is 0.160. The van der Waals surface area contributed by atoms with Crippen molar-refractivity contribution in [3.63, 3.8) is 0 Å². The van der Waals surface area contributed by atoms with Crippen LogP contribution in [0.1, 0.15) is 22.8 Å². The summed E-state index contributed by atoms with van der Waals surface area (Å²) in [6.45, 7) is 2.40. The molecule has 0 radical (unpaired) electrons. The first-order valence-corrected chi connectivity index (χ1v) is 11.5. The molecule has 0 aliphatic carbocycles. The van der Waals surface area contributed by atoms with Crippen LogP contribution in [0.2, 0.25) is 0 Å². The number of nitrogens with two attached hydrogens (primary N) is 1. The predicted molar refractivity (Wildman–Crippen MR) is 133 cm³/mol. The van der Waals surface area contributed by atoms with Crippen molar-refractivity contribution in [1.29, 1.82) is 0 Å². The SMILES string of the molecule is CCn1c(SCc2ccc(C(=O)Nc3cc(F)ccc3N)cc2)nc2cc(OC)ccc2c1=O. The molecule has 4 aromatic rings. The van der Waals surface area contributed by atoms with E-state index in [1.807, 2.05) is 19.1 Å². The number of nitrogens with zero attached hydrogens (tertiary/aromatic N) is 2. The number of aromatic nitrogens is 2. The third-order valence-electron chi connectivity index (χ3n) is 5.29. The lowest BCUT2D eigenvalue weighted by atomic mass is 10.1. The van der Waals surface area contributed by atoms with Crippen LogP contribution in [0.25, 0.3) is 10.9 Å². The molecule has 174 valence electrons. The fourth-order valence-corrected chi connectivity index (χ4v) is 4.45. The molecule has 0 aliphatic heterocycles. The molecule has 9 heteroatoms. The van der Waals surface area contributed by atoms with Gasteiger partial charge in [0.2, 0.25) is 0 Å². The molecule has 0 bridgehead atoms. The van der Waals surface area contributed by atoms with Gasteiger partial charge in [0.1, 0.15) is 11.6 Å². The number of methoxy groups -OCH3 is 1. The van der Waals surface area contributed by atoms with Gasteiger partial charge < -0.3 is 15.8 Å². The van der Waals surface area contributed by atoms with Crippen molar-refractivity contribution < 1.29 is 13.9 Å². The van der Waals surface area contributed by atoms with Gasteiger partial charge in [0.25, 0.3) is 11.5 Å². The first-order chi connectivity index (χ1) is 16.4. The molecule has 3 N–H and O–H groups in total. The number of nitrogen functional groups attached to an aromatic ring is 1. The van der Waals surface area contributed by atoms with E-state index in [0.29, 0.717) is 39.7 Å². The van der Waals surface area contributed by atoms with E-state index < -0.39 is 5.82 Å². The summed E-state index contributed by atoms with van der Waals surface area (Å²) >= 11 is 1.44. The highest BCUT2D eigenvalue weighted by molar-refractivity contribution is 7.98. The smallest absolute Gasteiger partial charge is 0.262 e. The van der Waals surface area contributed by atoms with E-state index in [1.54, 1.807) is 42.0 Å². The molecule has 1 amide bonds. The van der Waals surface area contributed by atoms with Crippen molar-refractivity contribution in [1.82, 2.24) is 9.55 Å². The zero-order chi connectivity index (χ0) is 24.2. The van der Waals surface area contributed by atoms with Crippen LogP contribution in [0.3, 0.4) is 0 Å². The average Bonchev–Trinajstić information content (AvgIpc) is 2.85. The predicted octanol–water partition coefficient (Wildman–Crippen LogP) is 4.69. The number of thioether (sulfide) groups is 1. The van der Waals surface area contributed by atoms with Crippen molar-refractivity contribution in [3.8, 4) is 5.75 Å². The van der Waals surface area contributed by atoms with Gasteiger partial charge in [-0.05, 0) is 55.0 Å². The minimum Gasteiger partial charge on any atom is -0.497 e. The Morgan fingerprint density at radius 1 is 1.15 bits per heavy atom. The van der Waals surface area contributed by atoms with E-state index in [2.05, 4.69) is 10.3 Å². The van der Waals surface area contributed by atoms with Crippen LogP contribution in [0.5, 0.6) is 5.75 Å². The van der Waals surface area contributed by atoms with E-state index in [9.17, 15) is 14.0 Å². The standard InChI is InChI=1S/C25H23FN4O3S/c1-3-30-24(32)19-10-9-18(33-2)13-21(19)29-25(30)34-14-15-4-6-16(7-5-15)23(31)28-22-12-17(26)8-11-20(22)27/h4-13H,3,14,27H2,1-2H3,(H,28,31). The number of halogens is 1. The average molecular weight is 479 g/mol. The highest BCUT2D eigenvalue weighted by Crippen LogP contribution is 2.25. The minimum absolute atomic E-state index is 0.0960. The Labute approximate surface area is 199 Å². The Hall–Kier alpha value is -3.85. The molecular weight excluding hydrogens is 455 g/mol. The van der Waals surface area contributed by atoms with Gasteiger partial charge in [-0.1, -0.05) is 23.9 Å². The van der Waals surface area contributed by atoms with Crippen LogP contribution >= 0.6 is 11.8 Å². The molecule has 0 spiro atoms. The largest absolute Gasteiger partial charge is 0.497 e. The Morgan fingerprint density at radius 3 is 2.62 bits per heavy atom. The molecule has 1 heterocycles. The fourth-order valence-electron chi connectivity index (χ4n) is 3.43. The highest BCUT2D eigenvalue weighted by atomic mass is 32.2. The number of amides is 1. The molecule has 3 aromatic carbocycles. The Bertz CT molecular complexity index is 1420. The van der Waals surface area contributed by atoms with E-state index in [0.717, 1.165) is 5.56 Å². The summed E-state index contributed by atoms with van der Waals surface area (Å²) < 4.78 is 20.3. The number of fused-ring (bicyclic) bond motifs is 1. The normalized spacial score (nSPS) is 10.9. The number of anilines is 2. The van der Waals surface area contributed by atoms with Crippen molar-refractivity contribution in [3.05, 3.63) is 88.0 Å². The molecule has 0 fully saturated rings. The molecule has 34 heavy (non-hydrogen) atoms. The first-order valence-electron chi connectivity index (χ1n) is 10.6. The second kappa shape index (κ2) is 9.96. The Morgan fingerprint density at radius 2 is 1.91 bits per heavy atom. The minimum atomic E-state index is -0.483. The van der Waals surface area contributed by atoms with E-state index in [1.165, 1.54) is 30.0 Å².